The van der Waals surface area contributed by atoms with E-state index < -0.39 is 0 Å². The Morgan fingerprint density at radius 2 is 1.95 bits per heavy atom. The van der Waals surface area contributed by atoms with Crippen molar-refractivity contribution in [2.24, 2.45) is 0 Å². The van der Waals surface area contributed by atoms with Crippen molar-refractivity contribution in [2.45, 2.75) is 26.3 Å². The third kappa shape index (κ3) is 2.95. The van der Waals surface area contributed by atoms with Gasteiger partial charge in [-0.2, -0.15) is 11.8 Å². The Morgan fingerprint density at radius 3 is 2.53 bits per heavy atom. The predicted molar refractivity (Wildman–Crippen MR) is 84.5 cm³/mol. The van der Waals surface area contributed by atoms with Crippen molar-refractivity contribution < 1.29 is 0 Å². The third-order valence-electron chi connectivity index (χ3n) is 3.12. The SMILES string of the molecule is CSCCc1nc(-c2ccccc2)n(C(C)C)c1N. The summed E-state index contributed by atoms with van der Waals surface area (Å²) in [6.45, 7) is 4.28. The van der Waals surface area contributed by atoms with Crippen LogP contribution in [0.15, 0.2) is 30.3 Å². The van der Waals surface area contributed by atoms with Crippen molar-refractivity contribution in [2.75, 3.05) is 17.7 Å². The zero-order valence-corrected chi connectivity index (χ0v) is 12.6. The van der Waals surface area contributed by atoms with Crippen molar-refractivity contribution in [3.8, 4) is 11.4 Å². The molecule has 1 aromatic heterocycles. The van der Waals surface area contributed by atoms with Crippen molar-refractivity contribution in [3.63, 3.8) is 0 Å². The number of nitrogen functional groups attached to an aromatic ring is 1. The van der Waals surface area contributed by atoms with Gasteiger partial charge in [-0.15, -0.1) is 0 Å². The first-order chi connectivity index (χ1) is 9.15. The first-order valence-electron chi connectivity index (χ1n) is 6.56. The van der Waals surface area contributed by atoms with E-state index in [9.17, 15) is 0 Å². The minimum atomic E-state index is 0.311. The predicted octanol–water partition coefficient (Wildman–Crippen LogP) is 3.62. The number of nitrogens with two attached hydrogens (primary N) is 1. The molecule has 0 spiro atoms. The van der Waals surface area contributed by atoms with E-state index in [1.54, 1.807) is 0 Å². The minimum Gasteiger partial charge on any atom is -0.384 e. The molecule has 3 nitrogen and oxygen atoms in total. The smallest absolute Gasteiger partial charge is 0.142 e. The first-order valence-corrected chi connectivity index (χ1v) is 7.95. The number of nitrogens with zero attached hydrogens (tertiary/aromatic N) is 2. The Labute approximate surface area is 119 Å². The number of anilines is 1. The summed E-state index contributed by atoms with van der Waals surface area (Å²) in [5, 5.41) is 0. The summed E-state index contributed by atoms with van der Waals surface area (Å²) in [6.07, 6.45) is 3.03. The largest absolute Gasteiger partial charge is 0.384 e. The van der Waals surface area contributed by atoms with Gasteiger partial charge in [-0.1, -0.05) is 30.3 Å². The number of imidazole rings is 1. The molecule has 0 amide bonds. The van der Waals surface area contributed by atoms with E-state index in [2.05, 4.69) is 36.8 Å². The van der Waals surface area contributed by atoms with Crippen LogP contribution in [0.25, 0.3) is 11.4 Å². The number of thioether (sulfide) groups is 1. The Bertz CT molecular complexity index is 532. The fourth-order valence-corrected chi connectivity index (χ4v) is 2.59. The highest BCUT2D eigenvalue weighted by Gasteiger charge is 2.17. The van der Waals surface area contributed by atoms with Crippen LogP contribution in [-0.4, -0.2) is 21.6 Å². The Morgan fingerprint density at radius 1 is 1.26 bits per heavy atom. The van der Waals surface area contributed by atoms with E-state index >= 15 is 0 Å². The summed E-state index contributed by atoms with van der Waals surface area (Å²) >= 11 is 1.82. The van der Waals surface area contributed by atoms with Gasteiger partial charge in [0.15, 0.2) is 0 Å². The molecular weight excluding hydrogens is 254 g/mol. The minimum absolute atomic E-state index is 0.311. The molecule has 0 aliphatic carbocycles. The summed E-state index contributed by atoms with van der Waals surface area (Å²) in [7, 11) is 0. The van der Waals surface area contributed by atoms with Crippen molar-refractivity contribution in [1.82, 2.24) is 9.55 Å². The van der Waals surface area contributed by atoms with Crippen molar-refractivity contribution in [1.29, 1.82) is 0 Å². The number of benzene rings is 1. The number of aromatic nitrogens is 2. The number of rotatable bonds is 5. The maximum atomic E-state index is 6.27. The molecule has 0 saturated heterocycles. The molecular formula is C15H21N3S. The van der Waals surface area contributed by atoms with Gasteiger partial charge < -0.3 is 10.3 Å². The lowest BCUT2D eigenvalue weighted by Gasteiger charge is -2.13. The molecule has 0 bridgehead atoms. The summed E-state index contributed by atoms with van der Waals surface area (Å²) in [4.78, 5) is 4.76. The van der Waals surface area contributed by atoms with E-state index in [0.717, 1.165) is 35.1 Å². The van der Waals surface area contributed by atoms with Crippen LogP contribution >= 0.6 is 11.8 Å². The summed E-state index contributed by atoms with van der Waals surface area (Å²) < 4.78 is 2.13. The van der Waals surface area contributed by atoms with Crippen LogP contribution in [-0.2, 0) is 6.42 Å². The molecule has 0 saturated carbocycles. The molecule has 2 aromatic rings. The lowest BCUT2D eigenvalue weighted by Crippen LogP contribution is -2.08. The van der Waals surface area contributed by atoms with Gasteiger partial charge in [0.1, 0.15) is 11.6 Å². The molecule has 0 atom stereocenters. The molecule has 2 N–H and O–H groups in total. The van der Waals surface area contributed by atoms with Crippen molar-refractivity contribution >= 4 is 17.6 Å². The van der Waals surface area contributed by atoms with Crippen LogP contribution in [0.1, 0.15) is 25.6 Å². The van der Waals surface area contributed by atoms with Gasteiger partial charge in [0.25, 0.3) is 0 Å². The second-order valence-electron chi connectivity index (χ2n) is 4.84. The van der Waals surface area contributed by atoms with Crippen LogP contribution in [0.5, 0.6) is 0 Å². The monoisotopic (exact) mass is 275 g/mol. The van der Waals surface area contributed by atoms with E-state index in [1.165, 1.54) is 0 Å². The average molecular weight is 275 g/mol. The van der Waals surface area contributed by atoms with Gasteiger partial charge in [-0.25, -0.2) is 4.98 Å². The average Bonchev–Trinajstić information content (AvgIpc) is 2.74. The molecule has 0 unspecified atom stereocenters. The number of aryl methyl sites for hydroxylation is 1. The highest BCUT2D eigenvalue weighted by molar-refractivity contribution is 7.98. The van der Waals surface area contributed by atoms with Crippen LogP contribution in [0, 0.1) is 0 Å². The molecule has 4 heteroatoms. The maximum Gasteiger partial charge on any atom is 0.142 e. The highest BCUT2D eigenvalue weighted by Crippen LogP contribution is 2.28. The van der Waals surface area contributed by atoms with Gasteiger partial charge in [0.05, 0.1) is 5.69 Å². The van der Waals surface area contributed by atoms with Crippen LogP contribution < -0.4 is 5.73 Å². The van der Waals surface area contributed by atoms with Gasteiger partial charge in [-0.05, 0) is 25.9 Å². The molecule has 1 heterocycles. The van der Waals surface area contributed by atoms with Gasteiger partial charge >= 0.3 is 0 Å². The molecule has 1 aromatic carbocycles. The molecule has 0 aliphatic rings. The van der Waals surface area contributed by atoms with E-state index in [4.69, 9.17) is 10.7 Å². The molecule has 102 valence electrons. The molecule has 0 aliphatic heterocycles. The normalized spacial score (nSPS) is 11.2. The third-order valence-corrected chi connectivity index (χ3v) is 3.73. The summed E-state index contributed by atoms with van der Waals surface area (Å²) in [6, 6.07) is 10.6. The maximum absolute atomic E-state index is 6.27. The molecule has 0 fully saturated rings. The molecule has 0 radical (unpaired) electrons. The standard InChI is InChI=1S/C15H21N3S/c1-11(2)18-14(16)13(9-10-19-3)17-15(18)12-7-5-4-6-8-12/h4-8,11H,9-10,16H2,1-3H3. The highest BCUT2D eigenvalue weighted by atomic mass is 32.2. The zero-order chi connectivity index (χ0) is 13.8. The lowest BCUT2D eigenvalue weighted by molar-refractivity contribution is 0.614. The second-order valence-corrected chi connectivity index (χ2v) is 5.83. The summed E-state index contributed by atoms with van der Waals surface area (Å²) in [5.74, 6) is 2.83. The second kappa shape index (κ2) is 6.15. The molecule has 19 heavy (non-hydrogen) atoms. The van der Waals surface area contributed by atoms with E-state index in [0.29, 0.717) is 6.04 Å². The van der Waals surface area contributed by atoms with E-state index in [-0.39, 0.29) is 0 Å². The number of hydrogen-bond donors (Lipinski definition) is 1. The fourth-order valence-electron chi connectivity index (χ4n) is 2.19. The van der Waals surface area contributed by atoms with Crippen LogP contribution in [0.3, 0.4) is 0 Å². The quantitative estimate of drug-likeness (QED) is 0.906. The Balaban J connectivity index is 2.47. The van der Waals surface area contributed by atoms with Crippen LogP contribution in [0.4, 0.5) is 5.82 Å². The van der Waals surface area contributed by atoms with Crippen LogP contribution in [0.2, 0.25) is 0 Å². The Hall–Kier alpha value is -1.42. The Kier molecular flexibility index (Phi) is 4.53. The summed E-state index contributed by atoms with van der Waals surface area (Å²) in [5.41, 5.74) is 8.41. The lowest BCUT2D eigenvalue weighted by atomic mass is 10.2. The fraction of sp³-hybridized carbons (Fsp3) is 0.400. The number of hydrogen-bond acceptors (Lipinski definition) is 3. The zero-order valence-electron chi connectivity index (χ0n) is 11.8. The molecule has 2 rings (SSSR count). The van der Waals surface area contributed by atoms with Gasteiger partial charge in [0.2, 0.25) is 0 Å². The first kappa shape index (κ1) is 14.0. The van der Waals surface area contributed by atoms with Gasteiger partial charge in [-0.3, -0.25) is 0 Å². The topological polar surface area (TPSA) is 43.8 Å². The van der Waals surface area contributed by atoms with Crippen molar-refractivity contribution in [3.05, 3.63) is 36.0 Å². The van der Waals surface area contributed by atoms with E-state index in [1.807, 2.05) is 30.0 Å². The van der Waals surface area contributed by atoms with Gasteiger partial charge in [0, 0.05) is 18.0 Å².